The molecule has 0 radical (unpaired) electrons. The van der Waals surface area contributed by atoms with Gasteiger partial charge < -0.3 is 4.74 Å². The maximum Gasteiger partial charge on any atom is 0.150 e. The van der Waals surface area contributed by atoms with Gasteiger partial charge in [0.2, 0.25) is 0 Å². The summed E-state index contributed by atoms with van der Waals surface area (Å²) in [6.45, 7) is 11.5. The highest BCUT2D eigenvalue weighted by atomic mass is 16.5. The minimum atomic E-state index is 0.170. The second kappa shape index (κ2) is 6.01. The van der Waals surface area contributed by atoms with E-state index in [-0.39, 0.29) is 10.8 Å². The maximum atomic E-state index is 11.1. The van der Waals surface area contributed by atoms with Crippen LogP contribution in [0.5, 0.6) is 5.75 Å². The summed E-state index contributed by atoms with van der Waals surface area (Å²) >= 11 is 0. The van der Waals surface area contributed by atoms with E-state index in [1.54, 1.807) is 7.11 Å². The van der Waals surface area contributed by atoms with Gasteiger partial charge in [0.25, 0.3) is 0 Å². The third kappa shape index (κ3) is 2.99. The smallest absolute Gasteiger partial charge is 0.150 e. The lowest BCUT2D eigenvalue weighted by atomic mass is 9.62. The first-order valence-corrected chi connectivity index (χ1v) is 8.99. The standard InChI is InChI=1S/C23H28O2/c1-15-11-19-20(23(4,5)10-9-22(19,2)3)13-18(15)17-8-7-16(14-24)12-21(17)25-6/h7-8,11-14H,9-10H2,1-6H3. The Morgan fingerprint density at radius 2 is 1.52 bits per heavy atom. The summed E-state index contributed by atoms with van der Waals surface area (Å²) in [5.41, 5.74) is 7.41. The first kappa shape index (κ1) is 17.7. The number of carbonyl (C=O) groups is 1. The largest absolute Gasteiger partial charge is 0.496 e. The van der Waals surface area contributed by atoms with E-state index in [0.29, 0.717) is 5.56 Å². The molecule has 3 rings (SSSR count). The van der Waals surface area contributed by atoms with E-state index in [4.69, 9.17) is 4.74 Å². The van der Waals surface area contributed by atoms with Gasteiger partial charge in [-0.25, -0.2) is 0 Å². The highest BCUT2D eigenvalue weighted by molar-refractivity contribution is 5.82. The van der Waals surface area contributed by atoms with E-state index in [1.165, 1.54) is 35.1 Å². The summed E-state index contributed by atoms with van der Waals surface area (Å²) in [6, 6.07) is 10.4. The molecule has 25 heavy (non-hydrogen) atoms. The highest BCUT2D eigenvalue weighted by Crippen LogP contribution is 2.48. The van der Waals surface area contributed by atoms with Crippen LogP contribution in [0, 0.1) is 6.92 Å². The quantitative estimate of drug-likeness (QED) is 0.659. The third-order valence-corrected chi connectivity index (χ3v) is 5.85. The van der Waals surface area contributed by atoms with Gasteiger partial charge in [0.1, 0.15) is 12.0 Å². The lowest BCUT2D eigenvalue weighted by molar-refractivity contribution is 0.112. The summed E-state index contributed by atoms with van der Waals surface area (Å²) in [7, 11) is 1.66. The average molecular weight is 336 g/mol. The number of hydrogen-bond acceptors (Lipinski definition) is 2. The average Bonchev–Trinajstić information content (AvgIpc) is 2.58. The molecule has 1 aliphatic carbocycles. The zero-order chi connectivity index (χ0) is 18.4. The van der Waals surface area contributed by atoms with E-state index in [2.05, 4.69) is 46.8 Å². The van der Waals surface area contributed by atoms with E-state index < -0.39 is 0 Å². The first-order chi connectivity index (χ1) is 11.7. The Hall–Kier alpha value is -2.09. The fourth-order valence-corrected chi connectivity index (χ4v) is 4.02. The maximum absolute atomic E-state index is 11.1. The van der Waals surface area contributed by atoms with Crippen molar-refractivity contribution in [3.63, 3.8) is 0 Å². The van der Waals surface area contributed by atoms with Crippen LogP contribution in [-0.2, 0) is 10.8 Å². The van der Waals surface area contributed by atoms with Gasteiger partial charge in [-0.15, -0.1) is 0 Å². The molecule has 0 heterocycles. The van der Waals surface area contributed by atoms with Crippen molar-refractivity contribution in [2.24, 2.45) is 0 Å². The fourth-order valence-electron chi connectivity index (χ4n) is 4.02. The molecule has 0 bridgehead atoms. The van der Waals surface area contributed by atoms with Gasteiger partial charge in [-0.3, -0.25) is 4.79 Å². The molecule has 0 saturated carbocycles. The molecule has 0 spiro atoms. The number of carbonyl (C=O) groups excluding carboxylic acids is 1. The molecule has 0 amide bonds. The summed E-state index contributed by atoms with van der Waals surface area (Å²) in [4.78, 5) is 11.1. The first-order valence-electron chi connectivity index (χ1n) is 8.99. The van der Waals surface area contributed by atoms with E-state index in [1.807, 2.05) is 18.2 Å². The van der Waals surface area contributed by atoms with E-state index in [9.17, 15) is 4.79 Å². The Kier molecular flexibility index (Phi) is 4.26. The number of aryl methyl sites for hydroxylation is 1. The van der Waals surface area contributed by atoms with Crippen molar-refractivity contribution in [2.75, 3.05) is 7.11 Å². The summed E-state index contributed by atoms with van der Waals surface area (Å²) in [5, 5.41) is 0. The number of rotatable bonds is 3. The van der Waals surface area contributed by atoms with Crippen LogP contribution in [0.3, 0.4) is 0 Å². The van der Waals surface area contributed by atoms with Crippen molar-refractivity contribution in [2.45, 2.75) is 58.3 Å². The van der Waals surface area contributed by atoms with Crippen LogP contribution in [0.2, 0.25) is 0 Å². The Labute approximate surface area is 151 Å². The van der Waals surface area contributed by atoms with Crippen molar-refractivity contribution >= 4 is 6.29 Å². The second-order valence-electron chi connectivity index (χ2n) is 8.56. The normalized spacial score (nSPS) is 17.7. The van der Waals surface area contributed by atoms with Crippen LogP contribution in [0.1, 0.15) is 67.6 Å². The molecule has 2 nitrogen and oxygen atoms in total. The summed E-state index contributed by atoms with van der Waals surface area (Å²) in [6.07, 6.45) is 3.26. The number of hydrogen-bond donors (Lipinski definition) is 0. The van der Waals surface area contributed by atoms with Gasteiger partial charge in [-0.2, -0.15) is 0 Å². The Bertz CT molecular complexity index is 828. The molecule has 0 aromatic heterocycles. The zero-order valence-electron chi connectivity index (χ0n) is 16.2. The van der Waals surface area contributed by atoms with Crippen molar-refractivity contribution in [3.8, 4) is 16.9 Å². The van der Waals surface area contributed by atoms with Crippen LogP contribution in [0.15, 0.2) is 30.3 Å². The van der Waals surface area contributed by atoms with Gasteiger partial charge in [0.05, 0.1) is 7.11 Å². The molecule has 0 fully saturated rings. The molecular weight excluding hydrogens is 308 g/mol. The minimum absolute atomic E-state index is 0.170. The SMILES string of the molecule is COc1cc(C=O)ccc1-c1cc2c(cc1C)C(C)(C)CCC2(C)C. The van der Waals surface area contributed by atoms with Gasteiger partial charge in [-0.05, 0) is 71.0 Å². The zero-order valence-corrected chi connectivity index (χ0v) is 16.2. The molecule has 0 aliphatic heterocycles. The minimum Gasteiger partial charge on any atom is -0.496 e. The lowest BCUT2D eigenvalue weighted by Gasteiger charge is -2.42. The molecule has 132 valence electrons. The fraction of sp³-hybridized carbons (Fsp3) is 0.435. The Balaban J connectivity index is 2.25. The third-order valence-electron chi connectivity index (χ3n) is 5.85. The van der Waals surface area contributed by atoms with E-state index in [0.717, 1.165) is 17.6 Å². The number of methoxy groups -OCH3 is 1. The highest BCUT2D eigenvalue weighted by Gasteiger charge is 2.37. The van der Waals surface area contributed by atoms with Crippen LogP contribution in [0.25, 0.3) is 11.1 Å². The second-order valence-corrected chi connectivity index (χ2v) is 8.56. The number of fused-ring (bicyclic) bond motifs is 1. The van der Waals surface area contributed by atoms with Crippen LogP contribution in [0.4, 0.5) is 0 Å². The van der Waals surface area contributed by atoms with E-state index >= 15 is 0 Å². The van der Waals surface area contributed by atoms with Crippen molar-refractivity contribution in [1.29, 1.82) is 0 Å². The van der Waals surface area contributed by atoms with Crippen molar-refractivity contribution in [1.82, 2.24) is 0 Å². The number of benzene rings is 2. The molecule has 1 aliphatic rings. The molecule has 0 atom stereocenters. The number of ether oxygens (including phenoxy) is 1. The summed E-state index contributed by atoms with van der Waals surface area (Å²) in [5.74, 6) is 0.750. The van der Waals surface area contributed by atoms with Gasteiger partial charge in [-0.1, -0.05) is 39.8 Å². The van der Waals surface area contributed by atoms with Gasteiger partial charge >= 0.3 is 0 Å². The van der Waals surface area contributed by atoms with Crippen LogP contribution < -0.4 is 4.74 Å². The lowest BCUT2D eigenvalue weighted by Crippen LogP contribution is -2.34. The van der Waals surface area contributed by atoms with Crippen LogP contribution >= 0.6 is 0 Å². The molecule has 2 aromatic carbocycles. The molecule has 0 N–H and O–H groups in total. The summed E-state index contributed by atoms with van der Waals surface area (Å²) < 4.78 is 5.58. The molecular formula is C23H28O2. The van der Waals surface area contributed by atoms with Crippen molar-refractivity contribution in [3.05, 3.63) is 52.6 Å². The molecule has 0 saturated heterocycles. The Morgan fingerprint density at radius 3 is 2.08 bits per heavy atom. The Morgan fingerprint density at radius 1 is 0.920 bits per heavy atom. The molecule has 2 heteroatoms. The number of aldehydes is 1. The molecule has 0 unspecified atom stereocenters. The monoisotopic (exact) mass is 336 g/mol. The predicted octanol–water partition coefficient (Wildman–Crippen LogP) is 5.83. The van der Waals surface area contributed by atoms with Crippen LogP contribution in [-0.4, -0.2) is 13.4 Å². The van der Waals surface area contributed by atoms with Crippen molar-refractivity contribution < 1.29 is 9.53 Å². The molecule has 2 aromatic rings. The topological polar surface area (TPSA) is 26.3 Å². The van der Waals surface area contributed by atoms with Gasteiger partial charge in [0, 0.05) is 11.1 Å². The van der Waals surface area contributed by atoms with Gasteiger partial charge in [0.15, 0.2) is 0 Å². The predicted molar refractivity (Wildman–Crippen MR) is 104 cm³/mol.